The maximum Gasteiger partial charge on any atom is 0.453 e. The van der Waals surface area contributed by atoms with Crippen LogP contribution in [0.15, 0.2) is 41.2 Å². The molecule has 0 spiro atoms. The summed E-state index contributed by atoms with van der Waals surface area (Å²) in [5, 5.41) is 6.28. The first-order valence-electron chi connectivity index (χ1n) is 8.02. The van der Waals surface area contributed by atoms with Gasteiger partial charge < -0.3 is 10.7 Å². The summed E-state index contributed by atoms with van der Waals surface area (Å²) in [5.74, 6) is 3.72. The van der Waals surface area contributed by atoms with Gasteiger partial charge in [-0.05, 0) is 11.6 Å². The quantitative estimate of drug-likeness (QED) is 0.486. The number of aromatic nitrogens is 3. The van der Waals surface area contributed by atoms with Crippen molar-refractivity contribution in [2.24, 2.45) is 0 Å². The lowest BCUT2D eigenvalue weighted by Crippen LogP contribution is -2.24. The first-order valence-corrected chi connectivity index (χ1v) is 9.00. The fraction of sp³-hybridized carbons (Fsp3) is 0.353. The molecule has 0 atom stereocenters. The number of likely N-dealkylation sites (N-methyl/N-ethyl adjacent to an activating group) is 1. The molecule has 0 saturated carbocycles. The molecule has 0 fully saturated rings. The van der Waals surface area contributed by atoms with Crippen molar-refractivity contribution in [1.82, 2.24) is 14.9 Å². The minimum Gasteiger partial charge on any atom is -0.347 e. The third kappa shape index (κ3) is 3.41. The lowest BCUT2D eigenvalue weighted by Gasteiger charge is -2.23. The van der Waals surface area contributed by atoms with E-state index in [1.807, 2.05) is 50.1 Å². The molecule has 144 valence electrons. The van der Waals surface area contributed by atoms with E-state index < -0.39 is 12.0 Å². The molecule has 0 unspecified atom stereocenters. The topological polar surface area (TPSA) is 77.0 Å². The van der Waals surface area contributed by atoms with Crippen LogP contribution >= 0.6 is 11.8 Å². The summed E-state index contributed by atoms with van der Waals surface area (Å²) < 4.78 is 38.4. The van der Waals surface area contributed by atoms with E-state index >= 15 is 0 Å². The lowest BCUT2D eigenvalue weighted by atomic mass is 9.83. The Labute approximate surface area is 158 Å². The molecule has 0 bridgehead atoms. The number of ketones is 1. The van der Waals surface area contributed by atoms with E-state index in [1.54, 1.807) is 0 Å². The average Bonchev–Trinajstić information content (AvgIpc) is 3.05. The molecule has 0 aliphatic carbocycles. The molecule has 2 aromatic rings. The number of thioether (sulfide) groups is 1. The molecule has 1 aliphatic rings. The number of carbonyl (C=O) groups excluding carboxylic acids is 1. The molecule has 1 aromatic heterocycles. The molecule has 1 aliphatic heterocycles. The highest BCUT2D eigenvalue weighted by Gasteiger charge is 2.39. The summed E-state index contributed by atoms with van der Waals surface area (Å²) in [7, 11) is 1.88. The van der Waals surface area contributed by atoms with Gasteiger partial charge in [0.1, 0.15) is 0 Å². The Hall–Kier alpha value is -2.49. The van der Waals surface area contributed by atoms with Gasteiger partial charge in [-0.1, -0.05) is 43.8 Å². The predicted octanol–water partition coefficient (Wildman–Crippen LogP) is 2.98. The van der Waals surface area contributed by atoms with Crippen LogP contribution in [0.25, 0.3) is 0 Å². The fourth-order valence-corrected chi connectivity index (χ4v) is 3.84. The summed E-state index contributed by atoms with van der Waals surface area (Å²) >= 11 is 0.812. The standard InChI is InChI=1S/C17H18F3N5OS/c1-16(2)11-6-4-5-7-12(11)24(3)13(16)8-10(26)9-27-15-23-22-14(25(15)21)17(18,19)20/h4-8H,9,21H2,1-3H3/b13-8+. The number of para-hydroxylation sites is 1. The van der Waals surface area contributed by atoms with Crippen molar-refractivity contribution >= 4 is 23.2 Å². The number of rotatable bonds is 4. The van der Waals surface area contributed by atoms with Gasteiger partial charge in [-0.15, -0.1) is 10.2 Å². The van der Waals surface area contributed by atoms with Gasteiger partial charge in [0.15, 0.2) is 5.78 Å². The van der Waals surface area contributed by atoms with Crippen LogP contribution in [0.5, 0.6) is 0 Å². The Morgan fingerprint density at radius 1 is 1.30 bits per heavy atom. The third-order valence-electron chi connectivity index (χ3n) is 4.50. The van der Waals surface area contributed by atoms with Gasteiger partial charge in [0, 0.05) is 29.9 Å². The average molecular weight is 397 g/mol. The van der Waals surface area contributed by atoms with Gasteiger partial charge in [-0.2, -0.15) is 13.2 Å². The number of benzene rings is 1. The van der Waals surface area contributed by atoms with Crippen molar-refractivity contribution in [3.8, 4) is 0 Å². The number of carbonyl (C=O) groups is 1. The number of alkyl halides is 3. The molecule has 27 heavy (non-hydrogen) atoms. The SMILES string of the molecule is CN1/C(=C/C(=O)CSc2nnc(C(F)(F)F)n2N)C(C)(C)c2ccccc21. The number of nitrogens with two attached hydrogens (primary N) is 1. The highest BCUT2D eigenvalue weighted by Crippen LogP contribution is 2.46. The van der Waals surface area contributed by atoms with Gasteiger partial charge in [0.2, 0.25) is 5.16 Å². The van der Waals surface area contributed by atoms with Crippen molar-refractivity contribution in [3.63, 3.8) is 0 Å². The van der Waals surface area contributed by atoms with Crippen LogP contribution in [0.4, 0.5) is 18.9 Å². The van der Waals surface area contributed by atoms with Gasteiger partial charge in [0.05, 0.1) is 5.75 Å². The molecular formula is C17H18F3N5OS. The summed E-state index contributed by atoms with van der Waals surface area (Å²) in [5.41, 5.74) is 2.59. The van der Waals surface area contributed by atoms with E-state index in [2.05, 4.69) is 10.2 Å². The molecule has 10 heteroatoms. The predicted molar refractivity (Wildman–Crippen MR) is 96.9 cm³/mol. The van der Waals surface area contributed by atoms with Crippen molar-refractivity contribution in [1.29, 1.82) is 0 Å². The maximum atomic E-state index is 12.7. The van der Waals surface area contributed by atoms with Crippen LogP contribution < -0.4 is 10.7 Å². The Morgan fingerprint density at radius 3 is 2.56 bits per heavy atom. The summed E-state index contributed by atoms with van der Waals surface area (Å²) in [4.78, 5) is 14.4. The maximum absolute atomic E-state index is 12.7. The highest BCUT2D eigenvalue weighted by molar-refractivity contribution is 7.99. The molecule has 0 amide bonds. The van der Waals surface area contributed by atoms with Crippen molar-refractivity contribution < 1.29 is 18.0 Å². The second-order valence-corrected chi connectivity index (χ2v) is 7.60. The molecule has 0 radical (unpaired) electrons. The zero-order chi connectivity index (χ0) is 20.0. The van der Waals surface area contributed by atoms with E-state index in [1.165, 1.54) is 6.08 Å². The van der Waals surface area contributed by atoms with Gasteiger partial charge >= 0.3 is 6.18 Å². The number of hydrogen-bond acceptors (Lipinski definition) is 6. The Bertz CT molecular complexity index is 920. The second kappa shape index (κ2) is 6.59. The second-order valence-electron chi connectivity index (χ2n) is 6.66. The third-order valence-corrected chi connectivity index (χ3v) is 5.47. The smallest absolute Gasteiger partial charge is 0.347 e. The summed E-state index contributed by atoms with van der Waals surface area (Å²) in [6.45, 7) is 4.04. The van der Waals surface area contributed by atoms with Gasteiger partial charge in [-0.3, -0.25) is 4.79 Å². The van der Waals surface area contributed by atoms with Gasteiger partial charge in [0.25, 0.3) is 5.82 Å². The summed E-state index contributed by atoms with van der Waals surface area (Å²) in [6, 6.07) is 7.87. The number of nitrogens with zero attached hydrogens (tertiary/aromatic N) is 4. The van der Waals surface area contributed by atoms with Crippen LogP contribution in [0.2, 0.25) is 0 Å². The van der Waals surface area contributed by atoms with E-state index in [-0.39, 0.29) is 22.1 Å². The van der Waals surface area contributed by atoms with Crippen LogP contribution in [0.1, 0.15) is 25.2 Å². The Morgan fingerprint density at radius 2 is 1.96 bits per heavy atom. The van der Waals surface area contributed by atoms with Crippen molar-refractivity contribution in [2.45, 2.75) is 30.6 Å². The van der Waals surface area contributed by atoms with E-state index in [0.29, 0.717) is 4.68 Å². The minimum atomic E-state index is -4.70. The molecule has 0 saturated heterocycles. The molecule has 3 rings (SSSR count). The van der Waals surface area contributed by atoms with Crippen LogP contribution in [0.3, 0.4) is 0 Å². The minimum absolute atomic E-state index is 0.100. The Kier molecular flexibility index (Phi) is 4.71. The molecular weight excluding hydrogens is 379 g/mol. The van der Waals surface area contributed by atoms with E-state index in [4.69, 9.17) is 5.84 Å². The molecule has 6 nitrogen and oxygen atoms in total. The Balaban J connectivity index is 1.76. The monoisotopic (exact) mass is 397 g/mol. The first-order chi connectivity index (χ1) is 12.5. The van der Waals surface area contributed by atoms with Crippen molar-refractivity contribution in [3.05, 3.63) is 47.4 Å². The zero-order valence-corrected chi connectivity index (χ0v) is 15.7. The number of nitrogen functional groups attached to an aromatic ring is 1. The first kappa shape index (κ1) is 19.3. The van der Waals surface area contributed by atoms with Crippen LogP contribution in [-0.2, 0) is 16.4 Å². The number of halogens is 3. The highest BCUT2D eigenvalue weighted by atomic mass is 32.2. The number of hydrogen-bond donors (Lipinski definition) is 1. The number of fused-ring (bicyclic) bond motifs is 1. The molecule has 2 N–H and O–H groups in total. The number of allylic oxidation sites excluding steroid dienone is 2. The lowest BCUT2D eigenvalue weighted by molar-refractivity contribution is -0.146. The number of anilines is 1. The largest absolute Gasteiger partial charge is 0.453 e. The van der Waals surface area contributed by atoms with Crippen molar-refractivity contribution in [2.75, 3.05) is 23.5 Å². The molecule has 2 heterocycles. The van der Waals surface area contributed by atoms with E-state index in [0.717, 1.165) is 28.7 Å². The van der Waals surface area contributed by atoms with Gasteiger partial charge in [-0.25, -0.2) is 4.68 Å². The van der Waals surface area contributed by atoms with Crippen LogP contribution in [0, 0.1) is 0 Å². The van der Waals surface area contributed by atoms with E-state index in [9.17, 15) is 18.0 Å². The summed E-state index contributed by atoms with van der Waals surface area (Å²) in [6.07, 6.45) is -3.18. The molecule has 1 aromatic carbocycles. The zero-order valence-electron chi connectivity index (χ0n) is 14.9. The normalized spacial score (nSPS) is 17.4. The fourth-order valence-electron chi connectivity index (χ4n) is 3.16. The van der Waals surface area contributed by atoms with Crippen LogP contribution in [-0.4, -0.2) is 33.5 Å².